The first-order valence-corrected chi connectivity index (χ1v) is 21.2. The molecule has 0 aliphatic carbocycles. The Labute approximate surface area is 382 Å². The van der Waals surface area contributed by atoms with Crippen LogP contribution in [0, 0.1) is 0 Å². The second kappa shape index (κ2) is 26.7. The van der Waals surface area contributed by atoms with Gasteiger partial charge in [-0.3, -0.25) is 9.80 Å². The second-order valence-electron chi connectivity index (χ2n) is 14.8. The van der Waals surface area contributed by atoms with Crippen molar-refractivity contribution >= 4 is 17.9 Å². The minimum Gasteiger partial charge on any atom is -0.497 e. The van der Waals surface area contributed by atoms with Gasteiger partial charge in [0, 0.05) is 64.2 Å². The molecule has 5 aromatic rings. The van der Waals surface area contributed by atoms with Crippen molar-refractivity contribution in [2.75, 3.05) is 100 Å². The van der Waals surface area contributed by atoms with Gasteiger partial charge in [0.15, 0.2) is 0 Å². The molecule has 0 spiro atoms. The molecule has 348 valence electrons. The van der Waals surface area contributed by atoms with Crippen molar-refractivity contribution in [2.45, 2.75) is 26.2 Å². The van der Waals surface area contributed by atoms with E-state index in [4.69, 9.17) is 47.4 Å². The van der Waals surface area contributed by atoms with Gasteiger partial charge in [0.25, 0.3) is 0 Å². The molecule has 0 fully saturated rings. The Morgan fingerprint density at radius 3 is 1.03 bits per heavy atom. The lowest BCUT2D eigenvalue weighted by atomic mass is 10.1. The van der Waals surface area contributed by atoms with Crippen molar-refractivity contribution in [3.05, 3.63) is 138 Å². The van der Waals surface area contributed by atoms with Crippen molar-refractivity contribution < 1.29 is 57.0 Å². The van der Waals surface area contributed by atoms with E-state index in [0.717, 1.165) is 27.9 Å². The summed E-state index contributed by atoms with van der Waals surface area (Å²) >= 11 is 0. The van der Waals surface area contributed by atoms with E-state index in [1.807, 2.05) is 128 Å². The van der Waals surface area contributed by atoms with E-state index >= 15 is 0 Å². The topological polar surface area (TPSA) is 136 Å². The maximum atomic E-state index is 13.3. The van der Waals surface area contributed by atoms with Crippen molar-refractivity contribution in [3.63, 3.8) is 0 Å². The smallest absolute Gasteiger partial charge is 0.410 e. The first-order chi connectivity index (χ1) is 31.7. The molecule has 0 atom stereocenters. The van der Waals surface area contributed by atoms with Crippen LogP contribution in [0.1, 0.15) is 22.3 Å². The number of hydrogen-bond donors (Lipinski definition) is 0. The van der Waals surface area contributed by atoms with Crippen LogP contribution in [0.3, 0.4) is 0 Å². The number of anilines is 1. The molecule has 0 heterocycles. The first kappa shape index (κ1) is 49.2. The average Bonchev–Trinajstić information content (AvgIpc) is 3.33. The highest BCUT2D eigenvalue weighted by Gasteiger charge is 2.19. The molecule has 15 heteroatoms. The number of carbonyl (C=O) groups is 2. The predicted molar refractivity (Wildman–Crippen MR) is 247 cm³/mol. The number of benzene rings is 5. The summed E-state index contributed by atoms with van der Waals surface area (Å²) in [4.78, 5) is 31.8. The summed E-state index contributed by atoms with van der Waals surface area (Å²) in [5, 5.41) is 0. The number of amides is 2. The van der Waals surface area contributed by atoms with Gasteiger partial charge >= 0.3 is 12.2 Å². The SMILES string of the molecule is COc1cccc(CN(Cc2cccc(OC)c2)C(=O)OCCOCCOc2cc(OCCOCCOC(=O)N(Cc3cccc(OC)c3)Cc3cccc(OC)c3)cc(N(C)C)c2)c1. The van der Waals surface area contributed by atoms with Gasteiger partial charge in [-0.2, -0.15) is 0 Å². The van der Waals surface area contributed by atoms with Crippen LogP contribution in [0.15, 0.2) is 115 Å². The monoisotopic (exact) mass is 895 g/mol. The van der Waals surface area contributed by atoms with Gasteiger partial charge in [0.1, 0.15) is 60.9 Å². The molecule has 0 unspecified atom stereocenters. The Morgan fingerprint density at radius 2 is 0.723 bits per heavy atom. The van der Waals surface area contributed by atoms with E-state index in [9.17, 15) is 9.59 Å². The molecule has 0 saturated heterocycles. The zero-order chi connectivity index (χ0) is 46.2. The zero-order valence-corrected chi connectivity index (χ0v) is 38.2. The van der Waals surface area contributed by atoms with Gasteiger partial charge in [-0.05, 0) is 70.8 Å². The lowest BCUT2D eigenvalue weighted by Gasteiger charge is -2.23. The van der Waals surface area contributed by atoms with Crippen LogP contribution in [0.5, 0.6) is 34.5 Å². The molecule has 0 aliphatic rings. The second-order valence-corrected chi connectivity index (χ2v) is 14.8. The Bertz CT molecular complexity index is 1970. The third-order valence-electron chi connectivity index (χ3n) is 9.83. The quantitative estimate of drug-likeness (QED) is 0.0469. The van der Waals surface area contributed by atoms with Crippen LogP contribution in [-0.4, -0.2) is 117 Å². The van der Waals surface area contributed by atoms with Crippen LogP contribution in [0.25, 0.3) is 0 Å². The molecule has 0 saturated carbocycles. The van der Waals surface area contributed by atoms with Gasteiger partial charge in [0.05, 0.1) is 54.9 Å². The molecule has 5 aromatic carbocycles. The van der Waals surface area contributed by atoms with Crippen molar-refractivity contribution in [1.82, 2.24) is 9.80 Å². The number of nitrogens with zero attached hydrogens (tertiary/aromatic N) is 3. The van der Waals surface area contributed by atoms with Crippen LogP contribution >= 0.6 is 0 Å². The highest BCUT2D eigenvalue weighted by Crippen LogP contribution is 2.28. The van der Waals surface area contributed by atoms with E-state index in [2.05, 4.69) is 0 Å². The number of rotatable bonds is 27. The Kier molecular flexibility index (Phi) is 20.2. The first-order valence-electron chi connectivity index (χ1n) is 21.2. The molecule has 0 aliphatic heterocycles. The summed E-state index contributed by atoms with van der Waals surface area (Å²) < 4.78 is 56.2. The van der Waals surface area contributed by atoms with Gasteiger partial charge < -0.3 is 52.3 Å². The van der Waals surface area contributed by atoms with E-state index in [1.165, 1.54) is 0 Å². The number of carbonyl (C=O) groups excluding carboxylic acids is 2. The lowest BCUT2D eigenvalue weighted by molar-refractivity contribution is 0.0421. The molecular formula is C50H61N3O12. The van der Waals surface area contributed by atoms with E-state index < -0.39 is 12.2 Å². The van der Waals surface area contributed by atoms with Crippen LogP contribution in [0.2, 0.25) is 0 Å². The number of hydrogen-bond acceptors (Lipinski definition) is 13. The number of methoxy groups -OCH3 is 4. The molecule has 0 aromatic heterocycles. The minimum absolute atomic E-state index is 0.0666. The highest BCUT2D eigenvalue weighted by atomic mass is 16.6. The fourth-order valence-corrected chi connectivity index (χ4v) is 6.52. The molecular weight excluding hydrogens is 835 g/mol. The summed E-state index contributed by atoms with van der Waals surface area (Å²) in [7, 11) is 10.3. The minimum atomic E-state index is -0.471. The van der Waals surface area contributed by atoms with Gasteiger partial charge in [-0.25, -0.2) is 9.59 Å². The molecule has 65 heavy (non-hydrogen) atoms. The summed E-state index contributed by atoms with van der Waals surface area (Å²) in [5.74, 6) is 4.03. The van der Waals surface area contributed by atoms with E-state index in [1.54, 1.807) is 44.3 Å². The summed E-state index contributed by atoms with van der Waals surface area (Å²) in [6.45, 7) is 2.88. The maximum absolute atomic E-state index is 13.3. The van der Waals surface area contributed by atoms with Crippen LogP contribution < -0.4 is 33.3 Å². The standard InChI is InChI=1S/C50H61N3O12/c1-51(2)42-31-47(62-23-19-60-21-25-64-49(54)52(34-38-11-7-15-43(27-38)56-3)35-39-12-8-16-44(28-39)57-4)33-48(32-42)63-24-20-61-22-26-65-50(55)53(36-40-13-9-17-45(29-40)58-5)37-41-14-10-18-46(30-41)59-6/h7-18,27-33H,19-26,34-37H2,1-6H3. The van der Waals surface area contributed by atoms with Gasteiger partial charge in [0.2, 0.25) is 0 Å². The van der Waals surface area contributed by atoms with Crippen LogP contribution in [0.4, 0.5) is 15.3 Å². The predicted octanol–water partition coefficient (Wildman–Crippen LogP) is 8.26. The lowest BCUT2D eigenvalue weighted by Crippen LogP contribution is -2.31. The summed E-state index contributed by atoms with van der Waals surface area (Å²) in [6.07, 6.45) is -0.941. The van der Waals surface area contributed by atoms with Crippen molar-refractivity contribution in [3.8, 4) is 34.5 Å². The molecule has 0 bridgehead atoms. The van der Waals surface area contributed by atoms with Gasteiger partial charge in [-0.15, -0.1) is 0 Å². The van der Waals surface area contributed by atoms with Crippen LogP contribution in [-0.2, 0) is 45.1 Å². The third-order valence-corrected chi connectivity index (χ3v) is 9.83. The Balaban J connectivity index is 1.02. The average molecular weight is 896 g/mol. The molecule has 0 radical (unpaired) electrons. The Hall–Kier alpha value is -6.84. The van der Waals surface area contributed by atoms with E-state index in [-0.39, 0.29) is 52.9 Å². The zero-order valence-electron chi connectivity index (χ0n) is 38.2. The number of ether oxygens (including phenoxy) is 10. The third kappa shape index (κ3) is 17.0. The summed E-state index contributed by atoms with van der Waals surface area (Å²) in [5.41, 5.74) is 4.50. The Morgan fingerprint density at radius 1 is 0.400 bits per heavy atom. The largest absolute Gasteiger partial charge is 0.497 e. The van der Waals surface area contributed by atoms with Crippen molar-refractivity contribution in [2.24, 2.45) is 0 Å². The normalized spacial score (nSPS) is 10.7. The fraction of sp³-hybridized carbons (Fsp3) is 0.360. The summed E-state index contributed by atoms with van der Waals surface area (Å²) in [6, 6.07) is 35.9. The molecule has 5 rings (SSSR count). The van der Waals surface area contributed by atoms with Crippen molar-refractivity contribution in [1.29, 1.82) is 0 Å². The van der Waals surface area contributed by atoms with E-state index in [0.29, 0.717) is 60.7 Å². The fourth-order valence-electron chi connectivity index (χ4n) is 6.52. The molecule has 0 N–H and O–H groups in total. The highest BCUT2D eigenvalue weighted by molar-refractivity contribution is 5.68. The molecule has 15 nitrogen and oxygen atoms in total. The maximum Gasteiger partial charge on any atom is 0.410 e. The van der Waals surface area contributed by atoms with Gasteiger partial charge in [-0.1, -0.05) is 48.5 Å². The molecule has 2 amide bonds.